The SMILES string of the molecule is COc1cc(C2=NC3(CCC(C(C)C)CC3)N([C@H](CCC(C)(C)C)c3ccc(C(=O)NCC4NNNN4)cc3)C2=O)ccn1. The predicted octanol–water partition coefficient (Wildman–Crippen LogP) is 4.00. The van der Waals surface area contributed by atoms with Gasteiger partial charge in [-0.15, -0.1) is 0 Å². The van der Waals surface area contributed by atoms with Crippen molar-refractivity contribution in [1.29, 1.82) is 0 Å². The molecule has 11 nitrogen and oxygen atoms in total. The van der Waals surface area contributed by atoms with E-state index in [-0.39, 0.29) is 29.4 Å². The van der Waals surface area contributed by atoms with Crippen molar-refractivity contribution < 1.29 is 14.3 Å². The molecule has 1 aromatic carbocycles. The van der Waals surface area contributed by atoms with Crippen LogP contribution in [0, 0.1) is 17.3 Å². The Balaban J connectivity index is 1.48. The largest absolute Gasteiger partial charge is 0.481 e. The average molecular weight is 605 g/mol. The zero-order valence-corrected chi connectivity index (χ0v) is 26.9. The molecule has 1 spiro atoms. The average Bonchev–Trinajstić information content (AvgIpc) is 3.63. The van der Waals surface area contributed by atoms with Crippen molar-refractivity contribution in [2.75, 3.05) is 13.7 Å². The molecule has 1 saturated heterocycles. The van der Waals surface area contributed by atoms with Crippen LogP contribution in [0.2, 0.25) is 0 Å². The van der Waals surface area contributed by atoms with E-state index in [9.17, 15) is 9.59 Å². The number of carbonyl (C=O) groups excluding carboxylic acids is 2. The molecule has 1 saturated carbocycles. The van der Waals surface area contributed by atoms with Crippen molar-refractivity contribution in [1.82, 2.24) is 37.1 Å². The van der Waals surface area contributed by atoms with Gasteiger partial charge < -0.3 is 15.0 Å². The van der Waals surface area contributed by atoms with E-state index >= 15 is 0 Å². The molecule has 2 aromatic rings. The van der Waals surface area contributed by atoms with Crippen LogP contribution in [0.1, 0.15) is 101 Å². The summed E-state index contributed by atoms with van der Waals surface area (Å²) in [6.45, 7) is 11.7. The quantitative estimate of drug-likeness (QED) is 0.275. The van der Waals surface area contributed by atoms with Gasteiger partial charge in [-0.1, -0.05) is 46.8 Å². The first-order valence-electron chi connectivity index (χ1n) is 15.8. The first-order chi connectivity index (χ1) is 21.0. The first-order valence-corrected chi connectivity index (χ1v) is 15.8. The maximum Gasteiger partial charge on any atom is 0.275 e. The summed E-state index contributed by atoms with van der Waals surface area (Å²) >= 11 is 0. The van der Waals surface area contributed by atoms with Crippen molar-refractivity contribution in [2.24, 2.45) is 22.2 Å². The van der Waals surface area contributed by atoms with Gasteiger partial charge in [0.05, 0.1) is 13.2 Å². The fourth-order valence-electron chi connectivity index (χ4n) is 6.58. The number of methoxy groups -OCH3 is 1. The summed E-state index contributed by atoms with van der Waals surface area (Å²) in [7, 11) is 1.58. The number of carbonyl (C=O) groups is 2. The van der Waals surface area contributed by atoms with Crippen molar-refractivity contribution >= 4 is 17.5 Å². The minimum atomic E-state index is -0.615. The second kappa shape index (κ2) is 13.3. The van der Waals surface area contributed by atoms with Gasteiger partial charge in [0.25, 0.3) is 11.8 Å². The zero-order valence-electron chi connectivity index (χ0n) is 26.9. The van der Waals surface area contributed by atoms with Crippen molar-refractivity contribution in [3.8, 4) is 5.88 Å². The third-order valence-corrected chi connectivity index (χ3v) is 9.24. The van der Waals surface area contributed by atoms with Gasteiger partial charge in [-0.05, 0) is 79.5 Å². The van der Waals surface area contributed by atoms with Gasteiger partial charge in [-0.2, -0.15) is 11.1 Å². The highest BCUT2D eigenvalue weighted by atomic mass is 16.5. The molecule has 5 N–H and O–H groups in total. The number of pyridine rings is 1. The van der Waals surface area contributed by atoms with Gasteiger partial charge in [0.1, 0.15) is 17.5 Å². The molecule has 11 heteroatoms. The number of ether oxygens (including phenoxy) is 1. The van der Waals surface area contributed by atoms with Gasteiger partial charge in [0, 0.05) is 29.9 Å². The molecule has 5 rings (SSSR count). The normalized spacial score (nSPS) is 23.3. The topological polar surface area (TPSA) is 132 Å². The molecule has 2 amide bonds. The van der Waals surface area contributed by atoms with Crippen LogP contribution in [0.25, 0.3) is 0 Å². The highest BCUT2D eigenvalue weighted by Gasteiger charge is 2.52. The third kappa shape index (κ3) is 7.12. The Morgan fingerprint density at radius 2 is 1.80 bits per heavy atom. The molecule has 2 fully saturated rings. The molecule has 0 radical (unpaired) electrons. The lowest BCUT2D eigenvalue weighted by molar-refractivity contribution is -0.133. The molecular formula is C33H48N8O3. The number of hydrazine groups is 3. The van der Waals surface area contributed by atoms with E-state index < -0.39 is 5.66 Å². The molecule has 0 bridgehead atoms. The van der Waals surface area contributed by atoms with E-state index in [2.05, 4.69) is 71.7 Å². The fraction of sp³-hybridized carbons (Fsp3) is 0.576. The molecule has 1 aromatic heterocycles. The van der Waals surface area contributed by atoms with Gasteiger partial charge in [-0.25, -0.2) is 15.8 Å². The van der Waals surface area contributed by atoms with Crippen LogP contribution in [0.5, 0.6) is 5.88 Å². The van der Waals surface area contributed by atoms with Crippen LogP contribution in [-0.4, -0.2) is 52.9 Å². The Morgan fingerprint density at radius 1 is 1.11 bits per heavy atom. The second-order valence-electron chi connectivity index (χ2n) is 13.8. The van der Waals surface area contributed by atoms with E-state index in [0.29, 0.717) is 35.5 Å². The molecule has 3 aliphatic rings. The number of nitrogens with one attached hydrogen (secondary N) is 5. The second-order valence-corrected chi connectivity index (χ2v) is 13.8. The molecule has 1 atom stereocenters. The zero-order chi connectivity index (χ0) is 31.5. The lowest BCUT2D eigenvalue weighted by atomic mass is 9.75. The third-order valence-electron chi connectivity index (χ3n) is 9.24. The van der Waals surface area contributed by atoms with Crippen LogP contribution in [0.3, 0.4) is 0 Å². The van der Waals surface area contributed by atoms with Gasteiger partial charge in [-0.3, -0.25) is 14.6 Å². The van der Waals surface area contributed by atoms with Crippen molar-refractivity contribution in [3.63, 3.8) is 0 Å². The summed E-state index contributed by atoms with van der Waals surface area (Å²) in [4.78, 5) is 39.1. The van der Waals surface area contributed by atoms with Gasteiger partial charge >= 0.3 is 0 Å². The van der Waals surface area contributed by atoms with E-state index in [1.165, 1.54) is 0 Å². The Morgan fingerprint density at radius 3 is 2.41 bits per heavy atom. The molecule has 44 heavy (non-hydrogen) atoms. The minimum absolute atomic E-state index is 0.0549. The summed E-state index contributed by atoms with van der Waals surface area (Å²) in [5, 5.41) is 2.95. The number of hydrogen-bond donors (Lipinski definition) is 5. The van der Waals surface area contributed by atoms with E-state index in [1.807, 2.05) is 30.3 Å². The number of amides is 2. The standard InChI is InChI=1S/C33H48N8O3/c1-21(2)22-11-16-33(17-12-22)36-29(25-14-18-34-28(19-25)44-6)31(43)41(33)26(13-15-32(3,4)5)23-7-9-24(10-8-23)30(42)35-20-27-37-39-40-38-27/h7-10,14,18-19,21-22,26-27,37-40H,11-13,15-17,20H2,1-6H3,(H,35,42)/t22?,26-,33?/m1/s1. The number of aliphatic imine (C=N–C) groups is 1. The van der Waals surface area contributed by atoms with Crippen LogP contribution >= 0.6 is 0 Å². The molecule has 0 unspecified atom stereocenters. The maximum atomic E-state index is 14.6. The summed E-state index contributed by atoms with van der Waals surface area (Å²) in [6.07, 6.45) is 6.96. The monoisotopic (exact) mass is 604 g/mol. The summed E-state index contributed by atoms with van der Waals surface area (Å²) in [6, 6.07) is 11.2. The number of aromatic nitrogens is 1. The molecule has 238 valence electrons. The number of benzene rings is 1. The number of rotatable bonds is 10. The number of nitrogens with zero attached hydrogens (tertiary/aromatic N) is 3. The van der Waals surface area contributed by atoms with E-state index in [1.54, 1.807) is 19.4 Å². The summed E-state index contributed by atoms with van der Waals surface area (Å²) in [5.41, 5.74) is 13.7. The maximum absolute atomic E-state index is 14.6. The molecule has 1 aliphatic carbocycles. The molecule has 2 aliphatic heterocycles. The Labute approximate surface area is 260 Å². The fourth-order valence-corrected chi connectivity index (χ4v) is 6.58. The Bertz CT molecular complexity index is 1340. The highest BCUT2D eigenvalue weighted by molar-refractivity contribution is 6.46. The van der Waals surface area contributed by atoms with E-state index in [0.717, 1.165) is 49.7 Å². The predicted molar refractivity (Wildman–Crippen MR) is 170 cm³/mol. The smallest absolute Gasteiger partial charge is 0.275 e. The van der Waals surface area contributed by atoms with Crippen LogP contribution in [-0.2, 0) is 4.79 Å². The van der Waals surface area contributed by atoms with E-state index in [4.69, 9.17) is 9.73 Å². The minimum Gasteiger partial charge on any atom is -0.481 e. The summed E-state index contributed by atoms with van der Waals surface area (Å²) < 4.78 is 5.39. The molecule has 3 heterocycles. The highest BCUT2D eigenvalue weighted by Crippen LogP contribution is 2.48. The lowest BCUT2D eigenvalue weighted by Gasteiger charge is -2.46. The van der Waals surface area contributed by atoms with Gasteiger partial charge in [0.2, 0.25) is 5.88 Å². The first kappa shape index (κ1) is 32.0. The van der Waals surface area contributed by atoms with Crippen molar-refractivity contribution in [2.45, 2.75) is 91.0 Å². The summed E-state index contributed by atoms with van der Waals surface area (Å²) in [5.74, 6) is 1.45. The Kier molecular flexibility index (Phi) is 9.69. The Hall–Kier alpha value is -3.38. The lowest BCUT2D eigenvalue weighted by Crippen LogP contribution is -2.51. The van der Waals surface area contributed by atoms with Crippen LogP contribution in [0.4, 0.5) is 0 Å². The van der Waals surface area contributed by atoms with Crippen molar-refractivity contribution in [3.05, 3.63) is 59.3 Å². The van der Waals surface area contributed by atoms with Gasteiger partial charge in [0.15, 0.2) is 0 Å². The number of hydrogen-bond acceptors (Lipinski definition) is 9. The van der Waals surface area contributed by atoms with Crippen LogP contribution in [0.15, 0.2) is 47.6 Å². The van der Waals surface area contributed by atoms with Crippen LogP contribution < -0.4 is 32.0 Å². The molecular weight excluding hydrogens is 556 g/mol.